The molecule has 0 bridgehead atoms. The summed E-state index contributed by atoms with van der Waals surface area (Å²) in [6.07, 6.45) is 4.03. The van der Waals surface area contributed by atoms with Crippen LogP contribution in [0.25, 0.3) is 0 Å². The van der Waals surface area contributed by atoms with Crippen molar-refractivity contribution in [1.82, 2.24) is 9.97 Å². The molecule has 0 spiro atoms. The van der Waals surface area contributed by atoms with E-state index in [4.69, 9.17) is 0 Å². The summed E-state index contributed by atoms with van der Waals surface area (Å²) >= 11 is 3.44. The summed E-state index contributed by atoms with van der Waals surface area (Å²) in [5, 5.41) is 9.32. The fraction of sp³-hybridized carbons (Fsp3) is 0.214. The Balaban J connectivity index is 2.13. The Morgan fingerprint density at radius 2 is 1.84 bits per heavy atom. The molecule has 1 heterocycles. The molecule has 98 valence electrons. The van der Waals surface area contributed by atoms with E-state index < -0.39 is 11.9 Å². The molecule has 1 unspecified atom stereocenters. The Morgan fingerprint density at radius 1 is 1.16 bits per heavy atom. The minimum atomic E-state index is -0.830. The average Bonchev–Trinajstić information content (AvgIpc) is 2.41. The van der Waals surface area contributed by atoms with Gasteiger partial charge in [-0.25, -0.2) is 9.97 Å². The Kier molecular flexibility index (Phi) is 4.63. The van der Waals surface area contributed by atoms with Gasteiger partial charge in [-0.2, -0.15) is 0 Å². The van der Waals surface area contributed by atoms with E-state index in [1.807, 2.05) is 24.3 Å². The summed E-state index contributed by atoms with van der Waals surface area (Å²) in [6, 6.07) is 9.36. The fourth-order valence-corrected chi connectivity index (χ4v) is 2.28. The number of hydrogen-bond acceptors (Lipinski definition) is 3. The molecular weight excluding hydrogens is 308 g/mol. The molecule has 1 aromatic carbocycles. The Hall–Kier alpha value is -1.75. The molecule has 1 atom stereocenters. The molecule has 2 rings (SSSR count). The SMILES string of the molecule is O=C(O)C(Cc1ncccn1)Cc1ccccc1Br. The second kappa shape index (κ2) is 6.43. The number of nitrogens with zero attached hydrogens (tertiary/aromatic N) is 2. The summed E-state index contributed by atoms with van der Waals surface area (Å²) < 4.78 is 0.926. The van der Waals surface area contributed by atoms with Crippen LogP contribution in [0.2, 0.25) is 0 Å². The summed E-state index contributed by atoms with van der Waals surface area (Å²) in [5.41, 5.74) is 0.978. The predicted octanol–water partition coefficient (Wildman–Crippen LogP) is 2.73. The molecule has 0 aliphatic rings. The van der Waals surface area contributed by atoms with E-state index in [9.17, 15) is 9.90 Å². The number of aliphatic carboxylic acids is 1. The van der Waals surface area contributed by atoms with Gasteiger partial charge in [0.05, 0.1) is 5.92 Å². The molecule has 19 heavy (non-hydrogen) atoms. The molecule has 5 heteroatoms. The van der Waals surface area contributed by atoms with Gasteiger partial charge in [0.25, 0.3) is 0 Å². The van der Waals surface area contributed by atoms with Crippen molar-refractivity contribution < 1.29 is 9.90 Å². The average molecular weight is 321 g/mol. The van der Waals surface area contributed by atoms with Crippen molar-refractivity contribution in [3.63, 3.8) is 0 Å². The van der Waals surface area contributed by atoms with Crippen molar-refractivity contribution in [1.29, 1.82) is 0 Å². The number of rotatable bonds is 5. The zero-order chi connectivity index (χ0) is 13.7. The number of carboxylic acid groups (broad SMARTS) is 1. The zero-order valence-electron chi connectivity index (χ0n) is 10.2. The zero-order valence-corrected chi connectivity index (χ0v) is 11.7. The molecule has 0 radical (unpaired) electrons. The number of carbonyl (C=O) groups is 1. The topological polar surface area (TPSA) is 63.1 Å². The Morgan fingerprint density at radius 3 is 2.47 bits per heavy atom. The molecule has 4 nitrogen and oxygen atoms in total. The van der Waals surface area contributed by atoms with Gasteiger partial charge in [0.1, 0.15) is 5.82 Å². The van der Waals surface area contributed by atoms with Crippen molar-refractivity contribution in [2.75, 3.05) is 0 Å². The van der Waals surface area contributed by atoms with E-state index in [0.29, 0.717) is 18.7 Å². The summed E-state index contributed by atoms with van der Waals surface area (Å²) in [7, 11) is 0. The van der Waals surface area contributed by atoms with Crippen LogP contribution in [0.15, 0.2) is 47.2 Å². The summed E-state index contributed by atoms with van der Waals surface area (Å²) in [5.74, 6) is -0.800. The number of aromatic nitrogens is 2. The van der Waals surface area contributed by atoms with E-state index in [-0.39, 0.29) is 0 Å². The highest BCUT2D eigenvalue weighted by molar-refractivity contribution is 9.10. The van der Waals surface area contributed by atoms with Crippen LogP contribution in [0, 0.1) is 5.92 Å². The maximum absolute atomic E-state index is 11.3. The van der Waals surface area contributed by atoms with Gasteiger partial charge in [0.2, 0.25) is 0 Å². The Labute approximate surface area is 119 Å². The van der Waals surface area contributed by atoms with Gasteiger partial charge in [-0.1, -0.05) is 34.1 Å². The lowest BCUT2D eigenvalue weighted by atomic mass is 9.96. The molecule has 0 fully saturated rings. The fourth-order valence-electron chi connectivity index (χ4n) is 1.83. The van der Waals surface area contributed by atoms with Crippen LogP contribution in [0.3, 0.4) is 0 Å². The van der Waals surface area contributed by atoms with E-state index in [0.717, 1.165) is 10.0 Å². The van der Waals surface area contributed by atoms with E-state index in [1.165, 1.54) is 0 Å². The van der Waals surface area contributed by atoms with Crippen LogP contribution in [-0.4, -0.2) is 21.0 Å². The third kappa shape index (κ3) is 3.86. The van der Waals surface area contributed by atoms with Gasteiger partial charge >= 0.3 is 5.97 Å². The number of hydrogen-bond donors (Lipinski definition) is 1. The first-order valence-electron chi connectivity index (χ1n) is 5.89. The molecular formula is C14H13BrN2O2. The monoisotopic (exact) mass is 320 g/mol. The number of carboxylic acids is 1. The number of halogens is 1. The highest BCUT2D eigenvalue weighted by atomic mass is 79.9. The molecule has 1 N–H and O–H groups in total. The van der Waals surface area contributed by atoms with Crippen molar-refractivity contribution in [2.45, 2.75) is 12.8 Å². The quantitative estimate of drug-likeness (QED) is 0.920. The predicted molar refractivity (Wildman–Crippen MR) is 74.7 cm³/mol. The molecule has 0 aliphatic carbocycles. The lowest BCUT2D eigenvalue weighted by Gasteiger charge is -2.12. The maximum atomic E-state index is 11.3. The summed E-state index contributed by atoms with van der Waals surface area (Å²) in [4.78, 5) is 19.5. The van der Waals surface area contributed by atoms with Crippen molar-refractivity contribution >= 4 is 21.9 Å². The minimum Gasteiger partial charge on any atom is -0.481 e. The van der Waals surface area contributed by atoms with Crippen LogP contribution in [0.5, 0.6) is 0 Å². The lowest BCUT2D eigenvalue weighted by Crippen LogP contribution is -2.20. The van der Waals surface area contributed by atoms with Crippen LogP contribution in [0.4, 0.5) is 0 Å². The summed E-state index contributed by atoms with van der Waals surface area (Å²) in [6.45, 7) is 0. The second-order valence-corrected chi connectivity index (χ2v) is 5.05. The third-order valence-electron chi connectivity index (χ3n) is 2.82. The van der Waals surface area contributed by atoms with Crippen molar-refractivity contribution in [3.05, 3.63) is 58.6 Å². The van der Waals surface area contributed by atoms with Crippen molar-refractivity contribution in [3.8, 4) is 0 Å². The first-order chi connectivity index (χ1) is 9.16. The van der Waals surface area contributed by atoms with Gasteiger partial charge in [-0.3, -0.25) is 4.79 Å². The molecule has 0 amide bonds. The largest absolute Gasteiger partial charge is 0.481 e. The van der Waals surface area contributed by atoms with Gasteiger partial charge in [0.15, 0.2) is 0 Å². The third-order valence-corrected chi connectivity index (χ3v) is 3.60. The minimum absolute atomic E-state index is 0.331. The normalized spacial score (nSPS) is 12.1. The van der Waals surface area contributed by atoms with Crippen LogP contribution >= 0.6 is 15.9 Å². The Bertz CT molecular complexity index is 560. The number of benzene rings is 1. The van der Waals surface area contributed by atoms with Crippen LogP contribution < -0.4 is 0 Å². The van der Waals surface area contributed by atoms with E-state index >= 15 is 0 Å². The van der Waals surface area contributed by atoms with Gasteiger partial charge in [-0.05, 0) is 24.1 Å². The van der Waals surface area contributed by atoms with Crippen molar-refractivity contribution in [2.24, 2.45) is 5.92 Å². The van der Waals surface area contributed by atoms with Gasteiger partial charge in [0, 0.05) is 23.3 Å². The second-order valence-electron chi connectivity index (χ2n) is 4.20. The smallest absolute Gasteiger partial charge is 0.307 e. The first-order valence-corrected chi connectivity index (χ1v) is 6.68. The molecule has 0 aliphatic heterocycles. The van der Waals surface area contributed by atoms with Crippen LogP contribution in [0.1, 0.15) is 11.4 Å². The van der Waals surface area contributed by atoms with E-state index in [2.05, 4.69) is 25.9 Å². The highest BCUT2D eigenvalue weighted by Crippen LogP contribution is 2.21. The molecule has 0 saturated carbocycles. The lowest BCUT2D eigenvalue weighted by molar-refractivity contribution is -0.141. The molecule has 2 aromatic rings. The molecule has 1 aromatic heterocycles. The van der Waals surface area contributed by atoms with E-state index in [1.54, 1.807) is 18.5 Å². The maximum Gasteiger partial charge on any atom is 0.307 e. The van der Waals surface area contributed by atoms with Crippen LogP contribution in [-0.2, 0) is 17.6 Å². The molecule has 0 saturated heterocycles. The standard InChI is InChI=1S/C14H13BrN2O2/c15-12-5-2-1-4-10(12)8-11(14(18)19)9-13-16-6-3-7-17-13/h1-7,11H,8-9H2,(H,18,19). The van der Waals surface area contributed by atoms with Gasteiger partial charge in [-0.15, -0.1) is 0 Å². The highest BCUT2D eigenvalue weighted by Gasteiger charge is 2.20. The van der Waals surface area contributed by atoms with Gasteiger partial charge < -0.3 is 5.11 Å². The first kappa shape index (κ1) is 13.7.